The van der Waals surface area contributed by atoms with Crippen molar-refractivity contribution < 1.29 is 51.3 Å². The number of carbonyl (C=O) groups excluding carboxylic acids is 2. The van der Waals surface area contributed by atoms with Crippen LogP contribution >= 0.6 is 7.75 Å². The summed E-state index contributed by atoms with van der Waals surface area (Å²) in [5.74, 6) is -5.39. The third-order valence-corrected chi connectivity index (χ3v) is 7.34. The first-order valence-electron chi connectivity index (χ1n) is 13.4. The van der Waals surface area contributed by atoms with Crippen molar-refractivity contribution in [3.05, 3.63) is 58.8 Å². The minimum Gasteiger partial charge on any atom is -0.462 e. The van der Waals surface area contributed by atoms with E-state index in [0.717, 1.165) is 6.20 Å². The van der Waals surface area contributed by atoms with Crippen molar-refractivity contribution in [2.24, 2.45) is 0 Å². The van der Waals surface area contributed by atoms with E-state index in [0.29, 0.717) is 4.57 Å². The molecule has 3 rings (SSSR count). The second-order valence-electron chi connectivity index (χ2n) is 11.1. The topological polar surface area (TPSA) is 165 Å². The van der Waals surface area contributed by atoms with Crippen molar-refractivity contribution >= 4 is 19.7 Å². The van der Waals surface area contributed by atoms with Gasteiger partial charge in [-0.15, -0.1) is 0 Å². The highest BCUT2D eigenvalue weighted by molar-refractivity contribution is 7.52. The molecule has 1 unspecified atom stereocenters. The number of carbonyl (C=O) groups is 2. The van der Waals surface area contributed by atoms with Crippen LogP contribution in [0.25, 0.3) is 0 Å². The lowest BCUT2D eigenvalue weighted by Gasteiger charge is -2.25. The van der Waals surface area contributed by atoms with Gasteiger partial charge in [-0.1, -0.05) is 18.2 Å². The number of aromatic nitrogens is 2. The summed E-state index contributed by atoms with van der Waals surface area (Å²) < 4.78 is 70.8. The van der Waals surface area contributed by atoms with Crippen molar-refractivity contribution in [1.82, 2.24) is 14.6 Å². The van der Waals surface area contributed by atoms with Gasteiger partial charge in [-0.25, -0.2) is 9.36 Å². The van der Waals surface area contributed by atoms with Crippen molar-refractivity contribution in [2.75, 3.05) is 6.61 Å². The molecule has 1 aromatic carbocycles. The number of ether oxygens (including phenoxy) is 3. The number of benzene rings is 1. The molecule has 1 fully saturated rings. The van der Waals surface area contributed by atoms with E-state index in [-0.39, 0.29) is 17.9 Å². The van der Waals surface area contributed by atoms with E-state index < -0.39 is 74.1 Å². The molecule has 0 radical (unpaired) electrons. The average Bonchev–Trinajstić information content (AvgIpc) is 3.10. The van der Waals surface area contributed by atoms with Gasteiger partial charge in [0.25, 0.3) is 0 Å². The van der Waals surface area contributed by atoms with Gasteiger partial charge in [0, 0.05) is 6.20 Å². The van der Waals surface area contributed by atoms with E-state index in [1.807, 2.05) is 0 Å². The second kappa shape index (κ2) is 13.6. The van der Waals surface area contributed by atoms with Gasteiger partial charge >= 0.3 is 31.3 Å². The minimum absolute atomic E-state index is 0.0209. The highest BCUT2D eigenvalue weighted by Gasteiger charge is 2.60. The Morgan fingerprint density at radius 3 is 2.42 bits per heavy atom. The molecule has 0 amide bonds. The van der Waals surface area contributed by atoms with Gasteiger partial charge in [-0.2, -0.15) is 18.9 Å². The molecule has 1 aliphatic rings. The number of aliphatic hydroxyl groups excluding tert-OH is 1. The largest absolute Gasteiger partial charge is 0.462 e. The lowest BCUT2D eigenvalue weighted by atomic mass is 10.1. The molecule has 1 saturated heterocycles. The molecule has 2 N–H and O–H groups in total. The van der Waals surface area contributed by atoms with E-state index in [9.17, 15) is 24.1 Å². The summed E-state index contributed by atoms with van der Waals surface area (Å²) in [6, 6.07) is 7.69. The molecule has 0 spiro atoms. The van der Waals surface area contributed by atoms with Crippen LogP contribution in [-0.4, -0.2) is 69.1 Å². The molecule has 13 nitrogen and oxygen atoms in total. The molecule has 1 aromatic heterocycles. The summed E-state index contributed by atoms with van der Waals surface area (Å²) >= 11 is 0. The Balaban J connectivity index is 1.77. The van der Waals surface area contributed by atoms with Gasteiger partial charge in [-0.05, 0) is 59.7 Å². The zero-order chi connectivity index (χ0) is 32.2. The van der Waals surface area contributed by atoms with Crippen LogP contribution < -0.4 is 15.3 Å². The first kappa shape index (κ1) is 34.3. The summed E-state index contributed by atoms with van der Waals surface area (Å²) in [4.78, 5) is 40.7. The second-order valence-corrected chi connectivity index (χ2v) is 12.7. The maximum Gasteiger partial charge on any atom is 0.459 e. The molecular weight excluding hydrogens is 595 g/mol. The molecule has 5 atom stereocenters. The zero-order valence-corrected chi connectivity index (χ0v) is 25.5. The smallest absolute Gasteiger partial charge is 0.459 e. The number of nitrogens with one attached hydrogen (secondary N) is 1. The van der Waals surface area contributed by atoms with Crippen LogP contribution in [0.1, 0.15) is 53.5 Å². The van der Waals surface area contributed by atoms with Gasteiger partial charge in [0.05, 0.1) is 24.8 Å². The Kier molecular flexibility index (Phi) is 10.8. The van der Waals surface area contributed by atoms with Gasteiger partial charge in [-0.3, -0.25) is 18.7 Å². The van der Waals surface area contributed by atoms with E-state index in [4.69, 9.17) is 23.3 Å². The predicted molar refractivity (Wildman–Crippen MR) is 147 cm³/mol. The lowest BCUT2D eigenvalue weighted by molar-refractivity contribution is -0.154. The first-order chi connectivity index (χ1) is 19.9. The predicted octanol–water partition coefficient (Wildman–Crippen LogP) is 3.15. The maximum atomic E-state index is 15.1. The van der Waals surface area contributed by atoms with Crippen LogP contribution in [-0.2, 0) is 39.3 Å². The van der Waals surface area contributed by atoms with Crippen molar-refractivity contribution in [1.29, 1.82) is 0 Å². The number of alkyl halides is 2. The molecule has 16 heteroatoms. The molecule has 0 bridgehead atoms. The van der Waals surface area contributed by atoms with Gasteiger partial charge in [0.2, 0.25) is 6.23 Å². The molecule has 43 heavy (non-hydrogen) atoms. The fourth-order valence-corrected chi connectivity index (χ4v) is 5.36. The van der Waals surface area contributed by atoms with Crippen molar-refractivity contribution in [3.63, 3.8) is 0 Å². The van der Waals surface area contributed by atoms with Crippen LogP contribution in [0.15, 0.2) is 47.4 Å². The van der Waals surface area contributed by atoms with E-state index in [1.54, 1.807) is 52.8 Å². The Morgan fingerprint density at radius 2 is 1.84 bits per heavy atom. The highest BCUT2D eigenvalue weighted by Crippen LogP contribution is 2.48. The standard InChI is InChI=1S/C27H36F2N3O10P/c1-16(2)39-23(35)17(3)31-43(37,42-19-10-8-7-9-11-19)38-15-20-22(34)27(28,29)24(40-20)32-13-12-18(30-25(32)36)14-21(33)41-26(4,5)6/h7-13,16-17,20,22,24,34H,14-15H2,1-6H3,(H,31,37)/t17-,20+,22+,24+,43?/m0/s1. The Morgan fingerprint density at radius 1 is 1.19 bits per heavy atom. The molecule has 0 aliphatic carbocycles. The Bertz CT molecular complexity index is 1380. The van der Waals surface area contributed by atoms with Crippen LogP contribution in [0.4, 0.5) is 8.78 Å². The van der Waals surface area contributed by atoms with E-state index in [2.05, 4.69) is 10.1 Å². The fraction of sp³-hybridized carbons (Fsp3) is 0.556. The molecule has 2 heterocycles. The summed E-state index contributed by atoms with van der Waals surface area (Å²) in [7, 11) is -4.46. The van der Waals surface area contributed by atoms with Gasteiger partial charge in [0.15, 0.2) is 6.10 Å². The third-order valence-electron chi connectivity index (χ3n) is 5.70. The number of hydrogen-bond acceptors (Lipinski definition) is 11. The molecular formula is C27H36F2N3O10P. The van der Waals surface area contributed by atoms with Gasteiger partial charge in [0.1, 0.15) is 23.5 Å². The Hall–Kier alpha value is -3.23. The normalized spacial score (nSPS) is 22.0. The van der Waals surface area contributed by atoms with Crippen LogP contribution in [0.2, 0.25) is 0 Å². The first-order valence-corrected chi connectivity index (χ1v) is 14.9. The zero-order valence-electron chi connectivity index (χ0n) is 24.6. The summed E-state index contributed by atoms with van der Waals surface area (Å²) in [5.41, 5.74) is -1.97. The maximum absolute atomic E-state index is 15.1. The average molecular weight is 632 g/mol. The summed E-state index contributed by atoms with van der Waals surface area (Å²) in [6.07, 6.45) is -6.50. The SMILES string of the molecule is CC(C)OC(=O)[C@H](C)NP(=O)(OC[C@H]1O[C@@H](n2ccc(CC(=O)OC(C)(C)C)nc2=O)C(F)(F)[C@@H]1O)Oc1ccccc1. The Labute approximate surface area is 247 Å². The van der Waals surface area contributed by atoms with Crippen molar-refractivity contribution in [2.45, 2.75) is 90.1 Å². The molecule has 1 aliphatic heterocycles. The van der Waals surface area contributed by atoms with Gasteiger partial charge < -0.3 is 23.8 Å². The number of para-hydroxylation sites is 1. The number of rotatable bonds is 12. The van der Waals surface area contributed by atoms with E-state index >= 15 is 8.78 Å². The number of aliphatic hydroxyl groups is 1. The van der Waals surface area contributed by atoms with Crippen LogP contribution in [0.3, 0.4) is 0 Å². The number of hydrogen-bond donors (Lipinski definition) is 2. The lowest BCUT2D eigenvalue weighted by Crippen LogP contribution is -2.42. The van der Waals surface area contributed by atoms with Crippen LogP contribution in [0.5, 0.6) is 5.75 Å². The third kappa shape index (κ3) is 9.38. The number of nitrogens with zero attached hydrogens (tertiary/aromatic N) is 2. The molecule has 238 valence electrons. The number of esters is 2. The summed E-state index contributed by atoms with van der Waals surface area (Å²) in [5, 5.41) is 12.8. The highest BCUT2D eigenvalue weighted by atomic mass is 31.2. The molecule has 0 saturated carbocycles. The number of halogens is 2. The van der Waals surface area contributed by atoms with Crippen LogP contribution in [0, 0.1) is 0 Å². The fourth-order valence-electron chi connectivity index (χ4n) is 3.86. The molecule has 2 aromatic rings. The summed E-state index contributed by atoms with van der Waals surface area (Å²) in [6.45, 7) is 8.65. The van der Waals surface area contributed by atoms with Crippen molar-refractivity contribution in [3.8, 4) is 5.75 Å². The quantitative estimate of drug-likeness (QED) is 0.260. The van der Waals surface area contributed by atoms with E-state index in [1.165, 1.54) is 25.1 Å². The monoisotopic (exact) mass is 631 g/mol. The minimum atomic E-state index is -4.46.